The van der Waals surface area contributed by atoms with Crippen LogP contribution in [0.1, 0.15) is 23.4 Å². The molecule has 0 bridgehead atoms. The highest BCUT2D eigenvalue weighted by atomic mass is 127. The Morgan fingerprint density at radius 2 is 2.00 bits per heavy atom. The van der Waals surface area contributed by atoms with Gasteiger partial charge < -0.3 is 19.5 Å². The summed E-state index contributed by atoms with van der Waals surface area (Å²) in [4.78, 5) is 20.6. The molecule has 1 aliphatic heterocycles. The van der Waals surface area contributed by atoms with Crippen molar-refractivity contribution in [1.29, 1.82) is 0 Å². The molecule has 22 heavy (non-hydrogen) atoms. The highest BCUT2D eigenvalue weighted by Crippen LogP contribution is 2.27. The highest BCUT2D eigenvalue weighted by Gasteiger charge is 2.26. The molecule has 2 aliphatic rings. The highest BCUT2D eigenvalue weighted by molar-refractivity contribution is 14.0. The standard InChI is InChI=1S/C15H22N4O2.HI/c1-16-15(17-11-12-4-5-12)19-8-6-18(7-9-19)14(20)13-3-2-10-21-13;/h2-3,10,12H,4-9,11H2,1H3,(H,16,17);1H. The van der Waals surface area contributed by atoms with Gasteiger partial charge in [0.1, 0.15) is 0 Å². The van der Waals surface area contributed by atoms with E-state index in [9.17, 15) is 4.79 Å². The summed E-state index contributed by atoms with van der Waals surface area (Å²) in [6.45, 7) is 4.01. The number of carbonyl (C=O) groups is 1. The van der Waals surface area contributed by atoms with Gasteiger partial charge in [-0.05, 0) is 30.9 Å². The van der Waals surface area contributed by atoms with Gasteiger partial charge in [-0.15, -0.1) is 24.0 Å². The number of guanidine groups is 1. The van der Waals surface area contributed by atoms with Gasteiger partial charge in [0.05, 0.1) is 6.26 Å². The van der Waals surface area contributed by atoms with Crippen molar-refractivity contribution in [3.63, 3.8) is 0 Å². The Balaban J connectivity index is 0.00000176. The first-order valence-electron chi connectivity index (χ1n) is 7.56. The fourth-order valence-electron chi connectivity index (χ4n) is 2.57. The average Bonchev–Trinajstić information content (AvgIpc) is 3.19. The summed E-state index contributed by atoms with van der Waals surface area (Å²) < 4.78 is 5.17. The normalized spacial score (nSPS) is 18.9. The number of aliphatic imine (C=N–C) groups is 1. The molecule has 0 atom stereocenters. The van der Waals surface area contributed by atoms with Gasteiger partial charge in [-0.1, -0.05) is 0 Å². The maximum absolute atomic E-state index is 12.2. The number of rotatable bonds is 3. The van der Waals surface area contributed by atoms with E-state index in [2.05, 4.69) is 15.2 Å². The third-order valence-corrected chi connectivity index (χ3v) is 4.06. The van der Waals surface area contributed by atoms with Crippen molar-refractivity contribution >= 4 is 35.8 Å². The van der Waals surface area contributed by atoms with Crippen LogP contribution in [0.2, 0.25) is 0 Å². The Bertz CT molecular complexity index is 506. The summed E-state index contributed by atoms with van der Waals surface area (Å²) in [5, 5.41) is 3.43. The smallest absolute Gasteiger partial charge is 0.289 e. The van der Waals surface area contributed by atoms with Crippen LogP contribution in [0.25, 0.3) is 0 Å². The van der Waals surface area contributed by atoms with Gasteiger partial charge in [-0.3, -0.25) is 9.79 Å². The molecule has 2 heterocycles. The van der Waals surface area contributed by atoms with Crippen LogP contribution in [0.4, 0.5) is 0 Å². The van der Waals surface area contributed by atoms with E-state index in [1.807, 2.05) is 11.9 Å². The molecule has 1 saturated carbocycles. The molecule has 122 valence electrons. The lowest BCUT2D eigenvalue weighted by atomic mass is 10.3. The summed E-state index contributed by atoms with van der Waals surface area (Å²) in [5.74, 6) is 2.16. The fourth-order valence-corrected chi connectivity index (χ4v) is 2.57. The van der Waals surface area contributed by atoms with Crippen LogP contribution in [-0.4, -0.2) is 61.4 Å². The molecule has 1 amide bonds. The van der Waals surface area contributed by atoms with E-state index in [0.29, 0.717) is 18.8 Å². The molecule has 0 unspecified atom stereocenters. The maximum atomic E-state index is 12.2. The van der Waals surface area contributed by atoms with Gasteiger partial charge in [-0.25, -0.2) is 0 Å². The first kappa shape index (κ1) is 17.1. The first-order valence-corrected chi connectivity index (χ1v) is 7.56. The van der Waals surface area contributed by atoms with Crippen LogP contribution in [0, 0.1) is 5.92 Å². The Hall–Kier alpha value is -1.25. The molecule has 0 aromatic carbocycles. The number of amides is 1. The van der Waals surface area contributed by atoms with Crippen LogP contribution in [0.3, 0.4) is 0 Å². The van der Waals surface area contributed by atoms with Crippen LogP contribution in [-0.2, 0) is 0 Å². The fraction of sp³-hybridized carbons (Fsp3) is 0.600. The number of nitrogens with one attached hydrogen (secondary N) is 1. The zero-order chi connectivity index (χ0) is 14.7. The molecule has 0 spiro atoms. The molecule has 1 aliphatic carbocycles. The van der Waals surface area contributed by atoms with Gasteiger partial charge in [0, 0.05) is 39.8 Å². The molecule has 1 saturated heterocycles. The molecule has 1 aromatic rings. The molecule has 2 fully saturated rings. The predicted molar refractivity (Wildman–Crippen MR) is 95.7 cm³/mol. The Morgan fingerprint density at radius 3 is 2.55 bits per heavy atom. The molecule has 3 rings (SSSR count). The summed E-state index contributed by atoms with van der Waals surface area (Å²) in [6.07, 6.45) is 4.19. The third-order valence-electron chi connectivity index (χ3n) is 4.06. The largest absolute Gasteiger partial charge is 0.459 e. The van der Waals surface area contributed by atoms with Crippen molar-refractivity contribution in [3.8, 4) is 0 Å². The molecule has 1 N–H and O–H groups in total. The van der Waals surface area contributed by atoms with Crippen LogP contribution >= 0.6 is 24.0 Å². The summed E-state index contributed by atoms with van der Waals surface area (Å²) in [6, 6.07) is 3.46. The lowest BCUT2D eigenvalue weighted by Crippen LogP contribution is -2.54. The second kappa shape index (κ2) is 7.85. The molecule has 0 radical (unpaired) electrons. The Kier molecular flexibility index (Phi) is 6.10. The van der Waals surface area contributed by atoms with Crippen LogP contribution < -0.4 is 5.32 Å². The number of halogens is 1. The van der Waals surface area contributed by atoms with E-state index in [-0.39, 0.29) is 29.9 Å². The van der Waals surface area contributed by atoms with Crippen molar-refractivity contribution in [1.82, 2.24) is 15.1 Å². The first-order chi connectivity index (χ1) is 10.3. The van der Waals surface area contributed by atoms with Gasteiger partial charge in [0.25, 0.3) is 5.91 Å². The van der Waals surface area contributed by atoms with Gasteiger partial charge in [0.15, 0.2) is 11.7 Å². The number of hydrogen-bond acceptors (Lipinski definition) is 3. The van der Waals surface area contributed by atoms with Crippen LogP contribution in [0.15, 0.2) is 27.8 Å². The van der Waals surface area contributed by atoms with Crippen LogP contribution in [0.5, 0.6) is 0 Å². The van der Waals surface area contributed by atoms with Crippen molar-refractivity contribution < 1.29 is 9.21 Å². The topological polar surface area (TPSA) is 61.1 Å². The molecule has 7 heteroatoms. The molecular weight excluding hydrogens is 395 g/mol. The monoisotopic (exact) mass is 418 g/mol. The summed E-state index contributed by atoms with van der Waals surface area (Å²) in [5.41, 5.74) is 0. The minimum Gasteiger partial charge on any atom is -0.459 e. The zero-order valence-corrected chi connectivity index (χ0v) is 15.2. The van der Waals surface area contributed by atoms with Gasteiger partial charge >= 0.3 is 0 Å². The quantitative estimate of drug-likeness (QED) is 0.461. The van der Waals surface area contributed by atoms with E-state index in [0.717, 1.165) is 31.5 Å². The lowest BCUT2D eigenvalue weighted by Gasteiger charge is -2.36. The number of piperazine rings is 1. The van der Waals surface area contributed by atoms with Crippen molar-refractivity contribution in [2.24, 2.45) is 10.9 Å². The third kappa shape index (κ3) is 4.15. The van der Waals surface area contributed by atoms with Crippen molar-refractivity contribution in [2.45, 2.75) is 12.8 Å². The van der Waals surface area contributed by atoms with Gasteiger partial charge in [0.2, 0.25) is 0 Å². The summed E-state index contributed by atoms with van der Waals surface area (Å²) in [7, 11) is 1.82. The zero-order valence-electron chi connectivity index (χ0n) is 12.8. The molecule has 1 aromatic heterocycles. The predicted octanol–water partition coefficient (Wildman–Crippen LogP) is 1.64. The number of furan rings is 1. The van der Waals surface area contributed by atoms with Crippen molar-refractivity contribution in [3.05, 3.63) is 24.2 Å². The molecular formula is C15H23IN4O2. The average molecular weight is 418 g/mol. The van der Waals surface area contributed by atoms with E-state index in [4.69, 9.17) is 4.42 Å². The maximum Gasteiger partial charge on any atom is 0.289 e. The number of carbonyl (C=O) groups excluding carboxylic acids is 1. The summed E-state index contributed by atoms with van der Waals surface area (Å²) >= 11 is 0. The number of nitrogens with zero attached hydrogens (tertiary/aromatic N) is 3. The van der Waals surface area contributed by atoms with Gasteiger partial charge in [-0.2, -0.15) is 0 Å². The minimum atomic E-state index is -0.0272. The Labute approximate surface area is 147 Å². The molecule has 6 nitrogen and oxygen atoms in total. The van der Waals surface area contributed by atoms with Crippen molar-refractivity contribution in [2.75, 3.05) is 39.8 Å². The lowest BCUT2D eigenvalue weighted by molar-refractivity contribution is 0.0657. The van der Waals surface area contributed by atoms with E-state index >= 15 is 0 Å². The Morgan fingerprint density at radius 1 is 1.32 bits per heavy atom. The van der Waals surface area contributed by atoms with E-state index in [1.54, 1.807) is 12.1 Å². The SMILES string of the molecule is CN=C(NCC1CC1)N1CCN(C(=O)c2ccco2)CC1.I. The second-order valence-electron chi connectivity index (χ2n) is 5.63. The second-order valence-corrected chi connectivity index (χ2v) is 5.63. The number of hydrogen-bond donors (Lipinski definition) is 1. The minimum absolute atomic E-state index is 0. The van der Waals surface area contributed by atoms with E-state index < -0.39 is 0 Å². The van der Waals surface area contributed by atoms with E-state index in [1.165, 1.54) is 19.1 Å².